The predicted molar refractivity (Wildman–Crippen MR) is 178 cm³/mol. The van der Waals surface area contributed by atoms with E-state index in [9.17, 15) is 19.2 Å². The van der Waals surface area contributed by atoms with Crippen molar-refractivity contribution >= 4 is 71.3 Å². The second kappa shape index (κ2) is 14.8. The first kappa shape index (κ1) is 33.1. The molecule has 226 valence electrons. The maximum absolute atomic E-state index is 11.6. The number of ketones is 1. The summed E-state index contributed by atoms with van der Waals surface area (Å²) in [7, 11) is 0. The van der Waals surface area contributed by atoms with Crippen molar-refractivity contribution in [2.24, 2.45) is 0 Å². The molecule has 0 spiro atoms. The SMILES string of the molecule is CC(=O)NC1CC(=O)c2cc(Br)ccc21.CC(=O)NC1CCc2cc(Br)ccc21.CC(=O)NC1CCc2cc(Br)ccc21. The Morgan fingerprint density at radius 3 is 1.44 bits per heavy atom. The van der Waals surface area contributed by atoms with E-state index < -0.39 is 0 Å². The molecule has 43 heavy (non-hydrogen) atoms. The van der Waals surface area contributed by atoms with E-state index in [4.69, 9.17) is 0 Å². The van der Waals surface area contributed by atoms with Crippen LogP contribution in [-0.2, 0) is 27.2 Å². The summed E-state index contributed by atoms with van der Waals surface area (Å²) in [4.78, 5) is 44.5. The molecule has 3 atom stereocenters. The Hall–Kier alpha value is -2.82. The Morgan fingerprint density at radius 1 is 0.605 bits per heavy atom. The predicted octanol–water partition coefficient (Wildman–Crippen LogP) is 7.36. The minimum Gasteiger partial charge on any atom is -0.350 e. The van der Waals surface area contributed by atoms with Crippen LogP contribution in [0, 0.1) is 0 Å². The molecule has 0 fully saturated rings. The number of hydrogen-bond acceptors (Lipinski definition) is 4. The van der Waals surface area contributed by atoms with E-state index in [1.54, 1.807) is 19.9 Å². The zero-order valence-electron chi connectivity index (χ0n) is 24.2. The lowest BCUT2D eigenvalue weighted by Crippen LogP contribution is -2.24. The first-order valence-corrected chi connectivity index (χ1v) is 16.5. The molecule has 0 heterocycles. The van der Waals surface area contributed by atoms with Crippen molar-refractivity contribution in [2.45, 2.75) is 71.0 Å². The van der Waals surface area contributed by atoms with Gasteiger partial charge in [0, 0.05) is 46.2 Å². The topological polar surface area (TPSA) is 104 Å². The molecule has 3 aliphatic rings. The second-order valence-electron chi connectivity index (χ2n) is 10.9. The molecule has 7 nitrogen and oxygen atoms in total. The number of nitrogens with one attached hydrogen (secondary N) is 3. The van der Waals surface area contributed by atoms with Crippen molar-refractivity contribution < 1.29 is 19.2 Å². The zero-order chi connectivity index (χ0) is 31.3. The fourth-order valence-corrected chi connectivity index (χ4v) is 6.99. The van der Waals surface area contributed by atoms with Crippen LogP contribution in [-0.4, -0.2) is 23.5 Å². The van der Waals surface area contributed by atoms with Gasteiger partial charge in [0.05, 0.1) is 18.1 Å². The Kier molecular flexibility index (Phi) is 11.4. The quantitative estimate of drug-likeness (QED) is 0.259. The molecular formula is C33H34Br3N3O4. The van der Waals surface area contributed by atoms with Crippen molar-refractivity contribution in [1.82, 2.24) is 16.0 Å². The van der Waals surface area contributed by atoms with E-state index in [1.807, 2.05) is 24.3 Å². The molecule has 10 heteroatoms. The average molecular weight is 776 g/mol. The summed E-state index contributed by atoms with van der Waals surface area (Å²) in [5, 5.41) is 8.70. The number of fused-ring (bicyclic) bond motifs is 3. The minimum atomic E-state index is -0.155. The molecule has 0 aromatic heterocycles. The van der Waals surface area contributed by atoms with Gasteiger partial charge in [0.15, 0.2) is 5.78 Å². The van der Waals surface area contributed by atoms with Gasteiger partial charge in [-0.3, -0.25) is 19.2 Å². The van der Waals surface area contributed by atoms with Crippen LogP contribution >= 0.6 is 47.8 Å². The van der Waals surface area contributed by atoms with Crippen molar-refractivity contribution in [1.29, 1.82) is 0 Å². The lowest BCUT2D eigenvalue weighted by atomic mass is 10.1. The Bertz CT molecular complexity index is 1480. The summed E-state index contributed by atoms with van der Waals surface area (Å²) in [5.41, 5.74) is 6.85. The van der Waals surface area contributed by atoms with Gasteiger partial charge in [0.25, 0.3) is 0 Å². The smallest absolute Gasteiger partial charge is 0.217 e. The number of hydrogen-bond donors (Lipinski definition) is 3. The van der Waals surface area contributed by atoms with Crippen LogP contribution < -0.4 is 16.0 Å². The standard InChI is InChI=1S/C11H10BrNO2.2C11H12BrNO/c1-6(14)13-10-5-11(15)9-4-7(12)2-3-8(9)10;2*1-7(14)13-11-5-2-8-6-9(12)3-4-10(8)11/h2-4,10H,5H2,1H3,(H,13,14);2*3-4,6,11H,2,5H2,1H3,(H,13,14). The molecule has 3 aliphatic carbocycles. The van der Waals surface area contributed by atoms with E-state index in [0.717, 1.165) is 44.7 Å². The molecule has 3 N–H and O–H groups in total. The van der Waals surface area contributed by atoms with Gasteiger partial charge >= 0.3 is 0 Å². The summed E-state index contributed by atoms with van der Waals surface area (Å²) in [6.07, 6.45) is 4.52. The molecule has 0 saturated heterocycles. The number of rotatable bonds is 3. The lowest BCUT2D eigenvalue weighted by Gasteiger charge is -2.12. The Balaban J connectivity index is 0.000000148. The number of aryl methyl sites for hydroxylation is 2. The van der Waals surface area contributed by atoms with Crippen molar-refractivity contribution in [3.63, 3.8) is 0 Å². The molecule has 0 aliphatic heterocycles. The zero-order valence-corrected chi connectivity index (χ0v) is 29.0. The number of carbonyl (C=O) groups is 4. The summed E-state index contributed by atoms with van der Waals surface area (Å²) >= 11 is 10.2. The van der Waals surface area contributed by atoms with Crippen LogP contribution in [0.4, 0.5) is 0 Å². The van der Waals surface area contributed by atoms with Gasteiger partial charge in [-0.05, 0) is 89.9 Å². The number of amides is 3. The van der Waals surface area contributed by atoms with Crippen molar-refractivity contribution in [3.05, 3.63) is 101 Å². The summed E-state index contributed by atoms with van der Waals surface area (Å²) in [6.45, 7) is 4.59. The lowest BCUT2D eigenvalue weighted by molar-refractivity contribution is -0.120. The molecule has 0 bridgehead atoms. The Labute approximate surface area is 277 Å². The minimum absolute atomic E-state index is 0.0470. The summed E-state index contributed by atoms with van der Waals surface area (Å²) < 4.78 is 3.11. The number of benzene rings is 3. The number of carbonyl (C=O) groups excluding carboxylic acids is 4. The van der Waals surface area contributed by atoms with Gasteiger partial charge in [-0.2, -0.15) is 0 Å². The highest BCUT2D eigenvalue weighted by molar-refractivity contribution is 9.11. The van der Waals surface area contributed by atoms with E-state index in [2.05, 4.69) is 88.0 Å². The van der Waals surface area contributed by atoms with Crippen molar-refractivity contribution in [3.8, 4) is 0 Å². The number of Topliss-reactive ketones (excluding diaryl/α,β-unsaturated/α-hetero) is 1. The van der Waals surface area contributed by atoms with E-state index in [-0.39, 0.29) is 41.6 Å². The summed E-state index contributed by atoms with van der Waals surface area (Å²) in [5.74, 6) is 0.0742. The molecule has 3 aromatic carbocycles. The van der Waals surface area contributed by atoms with Gasteiger partial charge in [0.1, 0.15) is 0 Å². The fraction of sp³-hybridized carbons (Fsp3) is 0.333. The molecule has 3 amide bonds. The average Bonchev–Trinajstić information content (AvgIpc) is 3.59. The van der Waals surface area contributed by atoms with Crippen LogP contribution in [0.25, 0.3) is 0 Å². The highest BCUT2D eigenvalue weighted by Crippen LogP contribution is 2.34. The molecule has 0 saturated carbocycles. The van der Waals surface area contributed by atoms with E-state index in [0.29, 0.717) is 12.0 Å². The van der Waals surface area contributed by atoms with Gasteiger partial charge < -0.3 is 16.0 Å². The molecular weight excluding hydrogens is 742 g/mol. The summed E-state index contributed by atoms with van der Waals surface area (Å²) in [6, 6.07) is 18.4. The highest BCUT2D eigenvalue weighted by atomic mass is 79.9. The van der Waals surface area contributed by atoms with Gasteiger partial charge in [0.2, 0.25) is 17.7 Å². The third-order valence-electron chi connectivity index (χ3n) is 7.58. The first-order chi connectivity index (χ1) is 20.4. The maximum Gasteiger partial charge on any atom is 0.217 e. The van der Waals surface area contributed by atoms with Crippen LogP contribution in [0.2, 0.25) is 0 Å². The van der Waals surface area contributed by atoms with Gasteiger partial charge in [-0.15, -0.1) is 0 Å². The highest BCUT2D eigenvalue weighted by Gasteiger charge is 2.29. The third kappa shape index (κ3) is 8.86. The third-order valence-corrected chi connectivity index (χ3v) is 9.06. The van der Waals surface area contributed by atoms with Crippen LogP contribution in [0.5, 0.6) is 0 Å². The van der Waals surface area contributed by atoms with Crippen LogP contribution in [0.1, 0.15) is 96.3 Å². The Morgan fingerprint density at radius 2 is 1.00 bits per heavy atom. The molecule has 0 radical (unpaired) electrons. The first-order valence-electron chi connectivity index (χ1n) is 14.1. The van der Waals surface area contributed by atoms with E-state index >= 15 is 0 Å². The van der Waals surface area contributed by atoms with Crippen molar-refractivity contribution in [2.75, 3.05) is 0 Å². The van der Waals surface area contributed by atoms with E-state index in [1.165, 1.54) is 29.2 Å². The largest absolute Gasteiger partial charge is 0.350 e. The van der Waals surface area contributed by atoms with Crippen LogP contribution in [0.15, 0.2) is 68.0 Å². The fourth-order valence-electron chi connectivity index (χ4n) is 5.82. The number of halogens is 3. The van der Waals surface area contributed by atoms with Gasteiger partial charge in [-0.1, -0.05) is 66.0 Å². The van der Waals surface area contributed by atoms with Crippen LogP contribution in [0.3, 0.4) is 0 Å². The second-order valence-corrected chi connectivity index (χ2v) is 13.6. The molecule has 6 rings (SSSR count). The molecule has 3 aromatic rings. The van der Waals surface area contributed by atoms with Gasteiger partial charge in [-0.25, -0.2) is 0 Å². The monoisotopic (exact) mass is 773 g/mol. The maximum atomic E-state index is 11.6. The molecule has 3 unspecified atom stereocenters. The normalized spacial score (nSPS) is 19.0.